The van der Waals surface area contributed by atoms with E-state index in [1.165, 1.54) is 0 Å². The minimum absolute atomic E-state index is 0.0813. The summed E-state index contributed by atoms with van der Waals surface area (Å²) >= 11 is 0. The Morgan fingerprint density at radius 3 is 2.26 bits per heavy atom. The molecule has 136 valence electrons. The summed E-state index contributed by atoms with van der Waals surface area (Å²) in [6.45, 7) is 0.960. The molecule has 3 N–H and O–H groups in total. The molecule has 0 radical (unpaired) electrons. The second-order valence-corrected chi connectivity index (χ2v) is 6.87. The number of nitrogens with two attached hydrogens (primary N) is 1. The highest BCUT2D eigenvalue weighted by atomic mass is 16.2. The molecular weight excluding hydrogens is 338 g/mol. The minimum atomic E-state index is -0.377. The predicted octanol–water partition coefficient (Wildman–Crippen LogP) is 2.61. The van der Waals surface area contributed by atoms with Crippen molar-refractivity contribution in [2.45, 2.75) is 12.0 Å². The number of pyridine rings is 1. The summed E-state index contributed by atoms with van der Waals surface area (Å²) in [6, 6.07) is 22.7. The standard InChI is InChI=1S/C22H21N3O2/c23-19-14-25(13-18(19)15-7-3-1-4-8-15)22(27)17-11-12-20(24-21(17)26)16-9-5-2-6-10-16/h1-12,18-19H,13-14,23H2,(H,24,26)/t18-,19+/m1/s1. The summed E-state index contributed by atoms with van der Waals surface area (Å²) in [5.74, 6) is -0.192. The van der Waals surface area contributed by atoms with Crippen LogP contribution in [0.2, 0.25) is 0 Å². The first-order chi connectivity index (χ1) is 13.1. The minimum Gasteiger partial charge on any atom is -0.336 e. The molecule has 0 spiro atoms. The van der Waals surface area contributed by atoms with Crippen LogP contribution in [0.4, 0.5) is 0 Å². The largest absolute Gasteiger partial charge is 0.336 e. The molecule has 2 heterocycles. The molecule has 0 aliphatic carbocycles. The van der Waals surface area contributed by atoms with Crippen LogP contribution in [0.25, 0.3) is 11.3 Å². The van der Waals surface area contributed by atoms with E-state index in [0.717, 1.165) is 11.1 Å². The van der Waals surface area contributed by atoms with Gasteiger partial charge in [-0.1, -0.05) is 60.7 Å². The van der Waals surface area contributed by atoms with Crippen molar-refractivity contribution < 1.29 is 4.79 Å². The van der Waals surface area contributed by atoms with Gasteiger partial charge in [-0.3, -0.25) is 9.59 Å². The van der Waals surface area contributed by atoms with Gasteiger partial charge in [0.1, 0.15) is 5.56 Å². The van der Waals surface area contributed by atoms with E-state index in [-0.39, 0.29) is 29.0 Å². The van der Waals surface area contributed by atoms with E-state index in [2.05, 4.69) is 4.98 Å². The monoisotopic (exact) mass is 359 g/mol. The van der Waals surface area contributed by atoms with Crippen LogP contribution in [-0.4, -0.2) is 34.9 Å². The molecule has 1 aromatic heterocycles. The molecule has 1 fully saturated rings. The number of H-pyrrole nitrogens is 1. The summed E-state index contributed by atoms with van der Waals surface area (Å²) in [7, 11) is 0. The van der Waals surface area contributed by atoms with E-state index in [1.807, 2.05) is 60.7 Å². The van der Waals surface area contributed by atoms with Crippen LogP contribution in [-0.2, 0) is 0 Å². The molecule has 2 atom stereocenters. The molecule has 2 aromatic carbocycles. The summed E-state index contributed by atoms with van der Waals surface area (Å²) in [6.07, 6.45) is 0. The van der Waals surface area contributed by atoms with E-state index in [1.54, 1.807) is 17.0 Å². The molecule has 3 aromatic rings. The maximum atomic E-state index is 12.9. The van der Waals surface area contributed by atoms with E-state index < -0.39 is 0 Å². The number of amides is 1. The van der Waals surface area contributed by atoms with Gasteiger partial charge in [-0.05, 0) is 23.3 Å². The zero-order valence-corrected chi connectivity index (χ0v) is 14.8. The Labute approximate surface area is 157 Å². The number of rotatable bonds is 3. The number of benzene rings is 2. The van der Waals surface area contributed by atoms with Gasteiger partial charge in [0.2, 0.25) is 0 Å². The Morgan fingerprint density at radius 1 is 0.926 bits per heavy atom. The molecule has 4 rings (SSSR count). The van der Waals surface area contributed by atoms with E-state index >= 15 is 0 Å². The maximum absolute atomic E-state index is 12.9. The van der Waals surface area contributed by atoms with Crippen molar-refractivity contribution in [2.24, 2.45) is 5.73 Å². The molecular formula is C22H21N3O2. The Kier molecular flexibility index (Phi) is 4.60. The second-order valence-electron chi connectivity index (χ2n) is 6.87. The van der Waals surface area contributed by atoms with Gasteiger partial charge in [0.15, 0.2) is 0 Å². The van der Waals surface area contributed by atoms with Gasteiger partial charge < -0.3 is 15.6 Å². The van der Waals surface area contributed by atoms with Gasteiger partial charge in [0.25, 0.3) is 11.5 Å². The zero-order valence-electron chi connectivity index (χ0n) is 14.8. The lowest BCUT2D eigenvalue weighted by molar-refractivity contribution is 0.0787. The molecule has 0 bridgehead atoms. The number of nitrogens with zero attached hydrogens (tertiary/aromatic N) is 1. The smallest absolute Gasteiger partial charge is 0.261 e. The Hall–Kier alpha value is -3.18. The lowest BCUT2D eigenvalue weighted by Gasteiger charge is -2.16. The molecule has 0 unspecified atom stereocenters. The van der Waals surface area contributed by atoms with Crippen LogP contribution in [0.1, 0.15) is 21.8 Å². The van der Waals surface area contributed by atoms with Crippen molar-refractivity contribution in [3.63, 3.8) is 0 Å². The second kappa shape index (κ2) is 7.21. The summed E-state index contributed by atoms with van der Waals surface area (Å²) < 4.78 is 0. The Morgan fingerprint density at radius 2 is 1.59 bits per heavy atom. The number of carbonyl (C=O) groups excluding carboxylic acids is 1. The number of carbonyl (C=O) groups is 1. The van der Waals surface area contributed by atoms with Crippen LogP contribution in [0.5, 0.6) is 0 Å². The van der Waals surface area contributed by atoms with Crippen molar-refractivity contribution in [1.29, 1.82) is 0 Å². The quantitative estimate of drug-likeness (QED) is 0.754. The SMILES string of the molecule is N[C@H]1CN(C(=O)c2ccc(-c3ccccc3)[nH]c2=O)C[C@@H]1c1ccccc1. The predicted molar refractivity (Wildman–Crippen MR) is 106 cm³/mol. The van der Waals surface area contributed by atoms with Crippen molar-refractivity contribution in [3.05, 3.63) is 94.3 Å². The average molecular weight is 359 g/mol. The van der Waals surface area contributed by atoms with Crippen LogP contribution in [0, 0.1) is 0 Å². The summed E-state index contributed by atoms with van der Waals surface area (Å²) in [5.41, 5.74) is 8.76. The van der Waals surface area contributed by atoms with Gasteiger partial charge in [0, 0.05) is 30.7 Å². The normalized spacial score (nSPS) is 19.2. The molecule has 1 amide bonds. The lowest BCUT2D eigenvalue weighted by atomic mass is 9.95. The first-order valence-electron chi connectivity index (χ1n) is 9.02. The first kappa shape index (κ1) is 17.2. The third-order valence-corrected chi connectivity index (χ3v) is 5.10. The third kappa shape index (κ3) is 3.41. The van der Waals surface area contributed by atoms with Crippen LogP contribution in [0.15, 0.2) is 77.6 Å². The third-order valence-electron chi connectivity index (χ3n) is 5.10. The lowest BCUT2D eigenvalue weighted by Crippen LogP contribution is -2.35. The highest BCUT2D eigenvalue weighted by Gasteiger charge is 2.34. The van der Waals surface area contributed by atoms with Crippen molar-refractivity contribution in [3.8, 4) is 11.3 Å². The van der Waals surface area contributed by atoms with Gasteiger partial charge in [-0.25, -0.2) is 0 Å². The van der Waals surface area contributed by atoms with E-state index in [4.69, 9.17) is 5.73 Å². The summed E-state index contributed by atoms with van der Waals surface area (Å²) in [5, 5.41) is 0. The molecule has 1 aliphatic heterocycles. The number of hydrogen-bond donors (Lipinski definition) is 2. The van der Waals surface area contributed by atoms with E-state index in [0.29, 0.717) is 18.8 Å². The van der Waals surface area contributed by atoms with Crippen LogP contribution >= 0.6 is 0 Å². The number of aromatic amines is 1. The number of hydrogen-bond acceptors (Lipinski definition) is 3. The van der Waals surface area contributed by atoms with Gasteiger partial charge in [-0.2, -0.15) is 0 Å². The molecule has 0 saturated carbocycles. The fourth-order valence-electron chi connectivity index (χ4n) is 3.65. The van der Waals surface area contributed by atoms with E-state index in [9.17, 15) is 9.59 Å². The fraction of sp³-hybridized carbons (Fsp3) is 0.182. The summed E-state index contributed by atoms with van der Waals surface area (Å²) in [4.78, 5) is 29.9. The first-order valence-corrected chi connectivity index (χ1v) is 9.02. The molecule has 5 heteroatoms. The number of likely N-dealkylation sites (tertiary alicyclic amines) is 1. The van der Waals surface area contributed by atoms with Gasteiger partial charge in [-0.15, -0.1) is 0 Å². The van der Waals surface area contributed by atoms with Crippen molar-refractivity contribution in [2.75, 3.05) is 13.1 Å². The fourth-order valence-corrected chi connectivity index (χ4v) is 3.65. The van der Waals surface area contributed by atoms with Crippen molar-refractivity contribution in [1.82, 2.24) is 9.88 Å². The number of aromatic nitrogens is 1. The van der Waals surface area contributed by atoms with Crippen LogP contribution in [0.3, 0.4) is 0 Å². The Bertz CT molecular complexity index is 999. The Balaban J connectivity index is 1.56. The van der Waals surface area contributed by atoms with Crippen LogP contribution < -0.4 is 11.3 Å². The average Bonchev–Trinajstić information content (AvgIpc) is 3.10. The van der Waals surface area contributed by atoms with Gasteiger partial charge >= 0.3 is 0 Å². The molecule has 5 nitrogen and oxygen atoms in total. The molecule has 1 saturated heterocycles. The zero-order chi connectivity index (χ0) is 18.8. The molecule has 1 aliphatic rings. The highest BCUT2D eigenvalue weighted by Crippen LogP contribution is 2.27. The highest BCUT2D eigenvalue weighted by molar-refractivity contribution is 5.94. The number of nitrogens with one attached hydrogen (secondary N) is 1. The molecule has 27 heavy (non-hydrogen) atoms. The van der Waals surface area contributed by atoms with Crippen molar-refractivity contribution >= 4 is 5.91 Å². The topological polar surface area (TPSA) is 79.2 Å². The maximum Gasteiger partial charge on any atom is 0.261 e. The van der Waals surface area contributed by atoms with Gasteiger partial charge in [0.05, 0.1) is 0 Å².